The molecule has 0 unspecified atom stereocenters. The van der Waals surface area contributed by atoms with Crippen molar-refractivity contribution in [2.75, 3.05) is 17.9 Å². The number of ether oxygens (including phenoxy) is 1. The number of hydrogen-bond acceptors (Lipinski definition) is 6. The first kappa shape index (κ1) is 22.0. The lowest BCUT2D eigenvalue weighted by molar-refractivity contribution is -0.116. The second-order valence-electron chi connectivity index (χ2n) is 8.23. The third-order valence-corrected chi connectivity index (χ3v) is 7.07. The van der Waals surface area contributed by atoms with Crippen LogP contribution in [0.4, 0.5) is 5.69 Å². The number of amides is 1. The fraction of sp³-hybridized carbons (Fsp3) is 0.192. The van der Waals surface area contributed by atoms with E-state index in [0.29, 0.717) is 11.0 Å². The van der Waals surface area contributed by atoms with Gasteiger partial charge in [-0.25, -0.2) is 4.68 Å². The number of aryl methyl sites for hydroxylation is 2. The van der Waals surface area contributed by atoms with Gasteiger partial charge in [0.25, 0.3) is 0 Å². The van der Waals surface area contributed by atoms with E-state index in [1.807, 2.05) is 91.3 Å². The molecule has 0 fully saturated rings. The fourth-order valence-electron chi connectivity index (χ4n) is 3.97. The minimum atomic E-state index is -0.464. The predicted molar refractivity (Wildman–Crippen MR) is 135 cm³/mol. The Balaban J connectivity index is 1.52. The fourth-order valence-corrected chi connectivity index (χ4v) is 5.04. The number of anilines is 1. The minimum Gasteiger partial charge on any atom is -0.497 e. The molecule has 0 bridgehead atoms. The lowest BCUT2D eigenvalue weighted by Gasteiger charge is -2.33. The van der Waals surface area contributed by atoms with E-state index in [1.165, 1.54) is 11.8 Å². The summed E-state index contributed by atoms with van der Waals surface area (Å²) in [5.74, 6) is 1.37. The van der Waals surface area contributed by atoms with Gasteiger partial charge in [0.2, 0.25) is 11.1 Å². The summed E-state index contributed by atoms with van der Waals surface area (Å²) < 4.78 is 7.20. The van der Waals surface area contributed by atoms with Crippen LogP contribution in [-0.2, 0) is 4.79 Å². The quantitative estimate of drug-likeness (QED) is 0.428. The number of carbonyl (C=O) groups is 1. The van der Waals surface area contributed by atoms with E-state index >= 15 is 0 Å². The lowest BCUT2D eigenvalue weighted by Crippen LogP contribution is -2.41. The molecular formula is C26H25N5O2S. The highest BCUT2D eigenvalue weighted by Crippen LogP contribution is 2.39. The van der Waals surface area contributed by atoms with Crippen molar-refractivity contribution in [2.24, 2.45) is 0 Å². The van der Waals surface area contributed by atoms with Crippen molar-refractivity contribution in [2.45, 2.75) is 30.3 Å². The van der Waals surface area contributed by atoms with Crippen LogP contribution in [0.5, 0.6) is 5.75 Å². The van der Waals surface area contributed by atoms with E-state index in [2.05, 4.69) is 20.9 Å². The molecule has 3 aromatic carbocycles. The molecule has 0 saturated heterocycles. The Bertz CT molecular complexity index is 1320. The maximum Gasteiger partial charge on any atom is 0.240 e. The number of aromatic nitrogens is 3. The number of hydrogen-bond donors (Lipinski definition) is 2. The van der Waals surface area contributed by atoms with Crippen molar-refractivity contribution in [1.29, 1.82) is 0 Å². The Morgan fingerprint density at radius 2 is 1.79 bits per heavy atom. The van der Waals surface area contributed by atoms with Crippen molar-refractivity contribution in [3.8, 4) is 17.1 Å². The Morgan fingerprint density at radius 3 is 2.53 bits per heavy atom. The molecule has 0 aliphatic carbocycles. The monoisotopic (exact) mass is 471 g/mol. The highest BCUT2D eigenvalue weighted by Gasteiger charge is 2.38. The van der Waals surface area contributed by atoms with Gasteiger partial charge in [0, 0.05) is 11.3 Å². The standard InChI is InChI=1S/C26H25N5O2S/c1-16-9-10-17(2)21(15-16)27-25(32)23-22(18-11-13-20(33-3)14-12-18)30-31-24(28-29-26(31)34-23)19-7-5-4-6-8-19/h4-15,22-23,30H,1-3H3,(H,27,32)/t22-,23+/m0/s1. The molecule has 2 atom stereocenters. The molecule has 172 valence electrons. The van der Waals surface area contributed by atoms with Gasteiger partial charge in [0.05, 0.1) is 13.2 Å². The van der Waals surface area contributed by atoms with Crippen molar-refractivity contribution >= 4 is 23.4 Å². The minimum absolute atomic E-state index is 0.0949. The van der Waals surface area contributed by atoms with Gasteiger partial charge in [0.15, 0.2) is 5.82 Å². The first-order valence-electron chi connectivity index (χ1n) is 11.0. The smallest absolute Gasteiger partial charge is 0.240 e. The van der Waals surface area contributed by atoms with E-state index in [0.717, 1.165) is 33.7 Å². The molecule has 0 spiro atoms. The lowest BCUT2D eigenvalue weighted by atomic mass is 10.0. The Hall–Kier alpha value is -3.78. The Morgan fingerprint density at radius 1 is 1.03 bits per heavy atom. The van der Waals surface area contributed by atoms with Crippen LogP contribution in [0.3, 0.4) is 0 Å². The van der Waals surface area contributed by atoms with Crippen molar-refractivity contribution in [3.05, 3.63) is 89.5 Å². The second-order valence-corrected chi connectivity index (χ2v) is 9.34. The first-order valence-corrected chi connectivity index (χ1v) is 11.9. The maximum absolute atomic E-state index is 13.6. The number of benzene rings is 3. The molecule has 1 aliphatic rings. The number of methoxy groups -OCH3 is 1. The molecular weight excluding hydrogens is 446 g/mol. The number of nitrogens with one attached hydrogen (secondary N) is 2. The highest BCUT2D eigenvalue weighted by molar-refractivity contribution is 8.00. The summed E-state index contributed by atoms with van der Waals surface area (Å²) in [6.45, 7) is 4.00. The van der Waals surface area contributed by atoms with E-state index in [1.54, 1.807) is 7.11 Å². The predicted octanol–water partition coefficient (Wildman–Crippen LogP) is 4.97. The Labute approximate surface area is 202 Å². The number of thioether (sulfide) groups is 1. The normalized spacial score (nSPS) is 16.9. The van der Waals surface area contributed by atoms with Crippen LogP contribution >= 0.6 is 11.8 Å². The van der Waals surface area contributed by atoms with E-state index in [4.69, 9.17) is 4.74 Å². The summed E-state index contributed by atoms with van der Waals surface area (Å²) in [5, 5.41) is 12.1. The van der Waals surface area contributed by atoms with Gasteiger partial charge in [-0.3, -0.25) is 4.79 Å². The van der Waals surface area contributed by atoms with Gasteiger partial charge in [-0.05, 0) is 48.7 Å². The molecule has 5 rings (SSSR count). The summed E-state index contributed by atoms with van der Waals surface area (Å²) in [4.78, 5) is 13.6. The molecule has 7 nitrogen and oxygen atoms in total. The zero-order valence-corrected chi connectivity index (χ0v) is 20.0. The zero-order valence-electron chi connectivity index (χ0n) is 19.1. The van der Waals surface area contributed by atoms with Gasteiger partial charge in [0.1, 0.15) is 11.0 Å². The molecule has 0 saturated carbocycles. The molecule has 1 aromatic heterocycles. The summed E-state index contributed by atoms with van der Waals surface area (Å²) in [7, 11) is 1.64. The van der Waals surface area contributed by atoms with Gasteiger partial charge in [-0.2, -0.15) is 0 Å². The van der Waals surface area contributed by atoms with Gasteiger partial charge >= 0.3 is 0 Å². The van der Waals surface area contributed by atoms with Crippen molar-refractivity contribution in [1.82, 2.24) is 14.9 Å². The van der Waals surface area contributed by atoms with Crippen LogP contribution in [0.2, 0.25) is 0 Å². The third-order valence-electron chi connectivity index (χ3n) is 5.85. The van der Waals surface area contributed by atoms with Crippen LogP contribution in [0.15, 0.2) is 78.0 Å². The van der Waals surface area contributed by atoms with Crippen LogP contribution < -0.4 is 15.5 Å². The van der Waals surface area contributed by atoms with Gasteiger partial charge in [-0.15, -0.1) is 10.2 Å². The average molecular weight is 472 g/mol. The topological polar surface area (TPSA) is 81.1 Å². The molecule has 8 heteroatoms. The van der Waals surface area contributed by atoms with Crippen molar-refractivity contribution in [3.63, 3.8) is 0 Å². The van der Waals surface area contributed by atoms with Crippen LogP contribution in [-0.4, -0.2) is 33.1 Å². The van der Waals surface area contributed by atoms with Crippen LogP contribution in [0.25, 0.3) is 11.4 Å². The van der Waals surface area contributed by atoms with E-state index < -0.39 is 5.25 Å². The van der Waals surface area contributed by atoms with Crippen LogP contribution in [0.1, 0.15) is 22.7 Å². The van der Waals surface area contributed by atoms with E-state index in [9.17, 15) is 4.79 Å². The maximum atomic E-state index is 13.6. The Kier molecular flexibility index (Phi) is 5.98. The molecule has 1 aliphatic heterocycles. The summed E-state index contributed by atoms with van der Waals surface area (Å²) >= 11 is 1.41. The van der Waals surface area contributed by atoms with E-state index in [-0.39, 0.29) is 11.9 Å². The number of fused-ring (bicyclic) bond motifs is 1. The molecule has 2 heterocycles. The average Bonchev–Trinajstić information content (AvgIpc) is 3.29. The van der Waals surface area contributed by atoms with Gasteiger partial charge < -0.3 is 15.5 Å². The largest absolute Gasteiger partial charge is 0.497 e. The molecule has 1 amide bonds. The summed E-state index contributed by atoms with van der Waals surface area (Å²) in [6, 6.07) is 23.4. The third kappa shape index (κ3) is 4.24. The molecule has 2 N–H and O–H groups in total. The highest BCUT2D eigenvalue weighted by atomic mass is 32.2. The zero-order chi connectivity index (χ0) is 23.7. The number of rotatable bonds is 5. The SMILES string of the molecule is COc1ccc([C@@H]2Nn3c(nnc3-c3ccccc3)S[C@H]2C(=O)Nc2cc(C)ccc2C)cc1. The summed E-state index contributed by atoms with van der Waals surface area (Å²) in [5.41, 5.74) is 8.35. The van der Waals surface area contributed by atoms with Crippen molar-refractivity contribution < 1.29 is 9.53 Å². The van der Waals surface area contributed by atoms with Crippen LogP contribution in [0, 0.1) is 13.8 Å². The molecule has 0 radical (unpaired) electrons. The molecule has 34 heavy (non-hydrogen) atoms. The summed E-state index contributed by atoms with van der Waals surface area (Å²) in [6.07, 6.45) is 0. The second kappa shape index (κ2) is 9.23. The number of carbonyl (C=O) groups excluding carboxylic acids is 1. The molecule has 4 aromatic rings. The number of nitrogens with zero attached hydrogens (tertiary/aromatic N) is 3. The van der Waals surface area contributed by atoms with Gasteiger partial charge in [-0.1, -0.05) is 66.4 Å². The first-order chi connectivity index (χ1) is 16.5.